The minimum Gasteiger partial charge on any atom is -0.544 e. The molecule has 0 aliphatic heterocycles. The van der Waals surface area contributed by atoms with E-state index in [9.17, 15) is 30.0 Å². The standard InChI is InChI=1S/C25H49NO6/c1-6-7-8-9-10-11-12-13-14-15-16-22(17-20(2)27)26(4,5)25(24(31)32,18-21(3)28)19-23(29)30/h20-22,27-28H,6-19H2,1-5H3,(H-,29,30,31,32). The molecule has 3 N–H and O–H groups in total. The van der Waals surface area contributed by atoms with Crippen molar-refractivity contribution in [1.29, 1.82) is 0 Å². The molecule has 7 nitrogen and oxygen atoms in total. The van der Waals surface area contributed by atoms with Gasteiger partial charge in [-0.3, -0.25) is 4.79 Å². The summed E-state index contributed by atoms with van der Waals surface area (Å²) >= 11 is 0. The number of aliphatic carboxylic acids is 2. The highest BCUT2D eigenvalue weighted by Crippen LogP contribution is 2.36. The van der Waals surface area contributed by atoms with E-state index < -0.39 is 36.1 Å². The minimum absolute atomic E-state index is 0.144. The van der Waals surface area contributed by atoms with E-state index in [2.05, 4.69) is 6.92 Å². The van der Waals surface area contributed by atoms with Gasteiger partial charge in [-0.2, -0.15) is 0 Å². The van der Waals surface area contributed by atoms with Crippen molar-refractivity contribution in [2.45, 2.75) is 134 Å². The minimum atomic E-state index is -1.78. The average molecular weight is 460 g/mol. The quantitative estimate of drug-likeness (QED) is 0.190. The van der Waals surface area contributed by atoms with Crippen LogP contribution in [0.5, 0.6) is 0 Å². The molecule has 7 heteroatoms. The molecule has 0 saturated carbocycles. The zero-order chi connectivity index (χ0) is 24.8. The van der Waals surface area contributed by atoms with Gasteiger partial charge >= 0.3 is 5.97 Å². The third-order valence-corrected chi connectivity index (χ3v) is 6.98. The van der Waals surface area contributed by atoms with Crippen molar-refractivity contribution in [3.63, 3.8) is 0 Å². The maximum absolute atomic E-state index is 12.3. The number of aliphatic hydroxyl groups excluding tert-OH is 2. The highest BCUT2D eigenvalue weighted by atomic mass is 16.4. The first kappa shape index (κ1) is 30.8. The van der Waals surface area contributed by atoms with Gasteiger partial charge in [-0.05, 0) is 26.7 Å². The van der Waals surface area contributed by atoms with Crippen LogP contribution >= 0.6 is 0 Å². The van der Waals surface area contributed by atoms with Gasteiger partial charge in [0.2, 0.25) is 0 Å². The summed E-state index contributed by atoms with van der Waals surface area (Å²) in [4.78, 5) is 23.9. The van der Waals surface area contributed by atoms with Gasteiger partial charge in [0.05, 0.1) is 32.3 Å². The molecule has 0 fully saturated rings. The predicted octanol–water partition coefficient (Wildman–Crippen LogP) is 3.25. The summed E-state index contributed by atoms with van der Waals surface area (Å²) in [5, 5.41) is 41.9. The Bertz CT molecular complexity index is 535. The van der Waals surface area contributed by atoms with Gasteiger partial charge in [-0.25, -0.2) is 0 Å². The third kappa shape index (κ3) is 10.6. The number of hydrogen-bond acceptors (Lipinski definition) is 5. The monoisotopic (exact) mass is 459 g/mol. The fourth-order valence-electron chi connectivity index (χ4n) is 4.96. The molecule has 0 rings (SSSR count). The summed E-state index contributed by atoms with van der Waals surface area (Å²) in [6.45, 7) is 5.34. The Balaban J connectivity index is 5.15. The Morgan fingerprint density at radius 3 is 1.72 bits per heavy atom. The number of carbonyl (C=O) groups is 2. The number of hydrogen-bond donors (Lipinski definition) is 3. The molecular weight excluding hydrogens is 410 g/mol. The molecule has 0 spiro atoms. The number of rotatable bonds is 20. The Labute approximate surface area is 195 Å². The molecule has 0 aliphatic rings. The van der Waals surface area contributed by atoms with Crippen molar-refractivity contribution < 1.29 is 34.5 Å². The van der Waals surface area contributed by atoms with Crippen LogP contribution in [0.4, 0.5) is 0 Å². The fraction of sp³-hybridized carbons (Fsp3) is 0.920. The molecule has 0 aromatic rings. The van der Waals surface area contributed by atoms with Gasteiger partial charge in [0.15, 0.2) is 5.54 Å². The molecule has 32 heavy (non-hydrogen) atoms. The molecule has 0 saturated heterocycles. The topological polar surface area (TPSA) is 118 Å². The molecule has 4 atom stereocenters. The number of carboxylic acid groups (broad SMARTS) is 2. The van der Waals surface area contributed by atoms with Crippen molar-refractivity contribution in [3.05, 3.63) is 0 Å². The van der Waals surface area contributed by atoms with Gasteiger partial charge in [0, 0.05) is 12.8 Å². The van der Waals surface area contributed by atoms with Gasteiger partial charge in [0.25, 0.3) is 0 Å². The Hall–Kier alpha value is -1.18. The molecule has 4 unspecified atom stereocenters. The van der Waals surface area contributed by atoms with Crippen LogP contribution in [0, 0.1) is 0 Å². The summed E-state index contributed by atoms with van der Waals surface area (Å²) in [6.07, 6.45) is 10.5. The number of quaternary nitrogens is 1. The SMILES string of the molecule is CCCCCCCCCCCCC(CC(C)O)[N+](C)(C)C(CC(=O)O)(CC(C)O)C(=O)[O-]. The van der Waals surface area contributed by atoms with E-state index in [1.54, 1.807) is 21.0 Å². The van der Waals surface area contributed by atoms with Crippen LogP contribution in [0.3, 0.4) is 0 Å². The fourth-order valence-corrected chi connectivity index (χ4v) is 4.96. The summed E-state index contributed by atoms with van der Waals surface area (Å²) in [5.41, 5.74) is -1.78. The first-order valence-corrected chi connectivity index (χ1v) is 12.5. The molecule has 0 amide bonds. The molecule has 0 radical (unpaired) electrons. The zero-order valence-corrected chi connectivity index (χ0v) is 21.1. The van der Waals surface area contributed by atoms with Crippen LogP contribution in [0.1, 0.15) is 111 Å². The number of unbranched alkanes of at least 4 members (excludes halogenated alkanes) is 9. The molecule has 190 valence electrons. The van der Waals surface area contributed by atoms with Crippen LogP contribution in [-0.4, -0.2) is 69.6 Å². The Morgan fingerprint density at radius 2 is 1.34 bits per heavy atom. The van der Waals surface area contributed by atoms with Crippen molar-refractivity contribution in [3.8, 4) is 0 Å². The molecule has 0 aromatic heterocycles. The molecule has 0 heterocycles. The van der Waals surface area contributed by atoms with Gasteiger partial charge in [-0.15, -0.1) is 0 Å². The highest BCUT2D eigenvalue weighted by molar-refractivity contribution is 5.82. The number of carbonyl (C=O) groups excluding carboxylic acids is 1. The van der Waals surface area contributed by atoms with Crippen molar-refractivity contribution in [2.75, 3.05) is 14.1 Å². The average Bonchev–Trinajstić information content (AvgIpc) is 2.66. The summed E-state index contributed by atoms with van der Waals surface area (Å²) in [6, 6.07) is -0.264. The normalized spacial score (nSPS) is 16.8. The molecular formula is C25H49NO6. The lowest BCUT2D eigenvalue weighted by molar-refractivity contribution is -0.958. The smallest absolute Gasteiger partial charge is 0.310 e. The van der Waals surface area contributed by atoms with E-state index in [1.165, 1.54) is 51.9 Å². The maximum Gasteiger partial charge on any atom is 0.310 e. The van der Waals surface area contributed by atoms with E-state index in [0.717, 1.165) is 19.3 Å². The van der Waals surface area contributed by atoms with Gasteiger partial charge < -0.3 is 29.7 Å². The lowest BCUT2D eigenvalue weighted by Gasteiger charge is -2.53. The molecule has 0 aliphatic carbocycles. The number of nitrogens with zero attached hydrogens (tertiary/aromatic N) is 1. The number of carboxylic acids is 2. The van der Waals surface area contributed by atoms with Crippen LogP contribution in [-0.2, 0) is 9.59 Å². The van der Waals surface area contributed by atoms with Crippen molar-refractivity contribution in [1.82, 2.24) is 0 Å². The zero-order valence-electron chi connectivity index (χ0n) is 21.1. The van der Waals surface area contributed by atoms with E-state index in [-0.39, 0.29) is 16.9 Å². The molecule has 0 aromatic carbocycles. The van der Waals surface area contributed by atoms with Gasteiger partial charge in [0.1, 0.15) is 12.4 Å². The predicted molar refractivity (Wildman–Crippen MR) is 125 cm³/mol. The van der Waals surface area contributed by atoms with Crippen LogP contribution < -0.4 is 5.11 Å². The first-order valence-electron chi connectivity index (χ1n) is 12.5. The summed E-state index contributed by atoms with van der Waals surface area (Å²) < 4.78 is -0.144. The van der Waals surface area contributed by atoms with Gasteiger partial charge in [-0.1, -0.05) is 64.7 Å². The van der Waals surface area contributed by atoms with Crippen molar-refractivity contribution >= 4 is 11.9 Å². The largest absolute Gasteiger partial charge is 0.544 e. The lowest BCUT2D eigenvalue weighted by Crippen LogP contribution is -2.72. The lowest BCUT2D eigenvalue weighted by atomic mass is 9.81. The summed E-state index contributed by atoms with van der Waals surface area (Å²) in [5.74, 6) is -2.71. The Morgan fingerprint density at radius 1 is 0.875 bits per heavy atom. The highest BCUT2D eigenvalue weighted by Gasteiger charge is 2.53. The van der Waals surface area contributed by atoms with Crippen molar-refractivity contribution in [2.24, 2.45) is 0 Å². The van der Waals surface area contributed by atoms with E-state index in [1.807, 2.05) is 0 Å². The van der Waals surface area contributed by atoms with Crippen LogP contribution in [0.25, 0.3) is 0 Å². The maximum atomic E-state index is 12.3. The second-order valence-corrected chi connectivity index (χ2v) is 10.2. The molecule has 0 bridgehead atoms. The second kappa shape index (κ2) is 15.6. The first-order chi connectivity index (χ1) is 14.9. The summed E-state index contributed by atoms with van der Waals surface area (Å²) in [7, 11) is 3.40. The van der Waals surface area contributed by atoms with E-state index in [0.29, 0.717) is 12.8 Å². The van der Waals surface area contributed by atoms with E-state index in [4.69, 9.17) is 0 Å². The third-order valence-electron chi connectivity index (χ3n) is 6.98. The Kier molecular flexibility index (Phi) is 15.0. The van der Waals surface area contributed by atoms with E-state index >= 15 is 0 Å². The number of likely N-dealkylation sites (N-methyl/N-ethyl adjacent to an activating group) is 1. The van der Waals surface area contributed by atoms with Crippen LogP contribution in [0.2, 0.25) is 0 Å². The number of aliphatic hydroxyl groups is 2. The second-order valence-electron chi connectivity index (χ2n) is 10.2. The van der Waals surface area contributed by atoms with Crippen LogP contribution in [0.15, 0.2) is 0 Å².